The number of hydrogen-bond acceptors (Lipinski definition) is 3. The maximum absolute atomic E-state index is 8.90. The quantitative estimate of drug-likeness (QED) is 0.808. The van der Waals surface area contributed by atoms with Crippen molar-refractivity contribution in [3.63, 3.8) is 0 Å². The highest BCUT2D eigenvalue weighted by Crippen LogP contribution is 2.26. The summed E-state index contributed by atoms with van der Waals surface area (Å²) < 4.78 is 0. The first-order valence-electron chi connectivity index (χ1n) is 5.98. The van der Waals surface area contributed by atoms with Crippen LogP contribution in [0, 0.1) is 25.2 Å². The van der Waals surface area contributed by atoms with Crippen LogP contribution in [0.5, 0.6) is 0 Å². The molecule has 2 aromatic rings. The standard InChI is InChI=1S/C15H17N3/c1-10-5-6-12-9-13(7-8-16)15(18(3)4)17-14(12)11(10)2/h5-6,9H,7H2,1-4H3. The molecule has 0 radical (unpaired) electrons. The Kier molecular flexibility index (Phi) is 3.20. The Morgan fingerprint density at radius 3 is 2.61 bits per heavy atom. The number of benzene rings is 1. The molecule has 0 aliphatic rings. The number of pyridine rings is 1. The van der Waals surface area contributed by atoms with Gasteiger partial charge in [-0.3, -0.25) is 0 Å². The van der Waals surface area contributed by atoms with E-state index in [4.69, 9.17) is 10.2 Å². The minimum absolute atomic E-state index is 0.392. The second-order valence-electron chi connectivity index (χ2n) is 4.78. The van der Waals surface area contributed by atoms with Crippen LogP contribution in [-0.4, -0.2) is 19.1 Å². The highest BCUT2D eigenvalue weighted by Gasteiger charge is 2.10. The van der Waals surface area contributed by atoms with Crippen LogP contribution in [0.4, 0.5) is 5.82 Å². The number of hydrogen-bond donors (Lipinski definition) is 0. The summed E-state index contributed by atoms with van der Waals surface area (Å²) in [4.78, 5) is 6.69. The lowest BCUT2D eigenvalue weighted by Gasteiger charge is -2.17. The minimum atomic E-state index is 0.392. The number of fused-ring (bicyclic) bond motifs is 1. The molecule has 92 valence electrons. The second kappa shape index (κ2) is 4.66. The molecule has 0 saturated heterocycles. The fourth-order valence-electron chi connectivity index (χ4n) is 2.12. The monoisotopic (exact) mass is 239 g/mol. The summed E-state index contributed by atoms with van der Waals surface area (Å²) in [6.07, 6.45) is 0.392. The number of anilines is 1. The van der Waals surface area contributed by atoms with Crippen molar-refractivity contribution in [3.8, 4) is 6.07 Å². The van der Waals surface area contributed by atoms with Gasteiger partial charge in [0.25, 0.3) is 0 Å². The summed E-state index contributed by atoms with van der Waals surface area (Å²) in [5.74, 6) is 0.887. The van der Waals surface area contributed by atoms with Crippen molar-refractivity contribution in [2.75, 3.05) is 19.0 Å². The lowest BCUT2D eigenvalue weighted by Crippen LogP contribution is -2.13. The van der Waals surface area contributed by atoms with Gasteiger partial charge in [0.05, 0.1) is 18.0 Å². The first kappa shape index (κ1) is 12.4. The molecule has 18 heavy (non-hydrogen) atoms. The van der Waals surface area contributed by atoms with Crippen molar-refractivity contribution < 1.29 is 0 Å². The summed E-state index contributed by atoms with van der Waals surface area (Å²) in [5.41, 5.74) is 4.46. The number of rotatable bonds is 2. The van der Waals surface area contributed by atoms with Gasteiger partial charge in [0.2, 0.25) is 0 Å². The molecule has 0 aliphatic heterocycles. The topological polar surface area (TPSA) is 39.9 Å². The molecule has 0 bridgehead atoms. The molecule has 0 fully saturated rings. The highest BCUT2D eigenvalue weighted by atomic mass is 15.1. The fourth-order valence-corrected chi connectivity index (χ4v) is 2.12. The largest absolute Gasteiger partial charge is 0.362 e. The number of nitrogens with zero attached hydrogens (tertiary/aromatic N) is 3. The Labute approximate surface area is 108 Å². The van der Waals surface area contributed by atoms with Crippen LogP contribution < -0.4 is 4.90 Å². The van der Waals surface area contributed by atoms with E-state index < -0.39 is 0 Å². The zero-order valence-electron chi connectivity index (χ0n) is 11.3. The molecule has 2 rings (SSSR count). The van der Waals surface area contributed by atoms with Crippen molar-refractivity contribution in [2.45, 2.75) is 20.3 Å². The van der Waals surface area contributed by atoms with E-state index in [1.807, 2.05) is 19.0 Å². The van der Waals surface area contributed by atoms with Crippen LogP contribution in [0.1, 0.15) is 16.7 Å². The molecule has 0 N–H and O–H groups in total. The van der Waals surface area contributed by atoms with E-state index in [1.54, 1.807) is 0 Å². The van der Waals surface area contributed by atoms with Gasteiger partial charge in [0.1, 0.15) is 5.82 Å². The van der Waals surface area contributed by atoms with E-state index in [1.165, 1.54) is 11.1 Å². The van der Waals surface area contributed by atoms with Crippen molar-refractivity contribution in [1.29, 1.82) is 5.26 Å². The summed E-state index contributed by atoms with van der Waals surface area (Å²) in [5, 5.41) is 10.0. The Bertz CT molecular complexity index is 636. The molecule has 0 spiro atoms. The van der Waals surface area contributed by atoms with Gasteiger partial charge in [0.15, 0.2) is 0 Å². The molecule has 1 aromatic heterocycles. The van der Waals surface area contributed by atoms with E-state index in [0.717, 1.165) is 22.3 Å². The zero-order chi connectivity index (χ0) is 13.3. The molecule has 3 nitrogen and oxygen atoms in total. The highest BCUT2D eigenvalue weighted by molar-refractivity contribution is 5.85. The number of nitriles is 1. The van der Waals surface area contributed by atoms with Crippen molar-refractivity contribution in [3.05, 3.63) is 34.9 Å². The Morgan fingerprint density at radius 1 is 1.28 bits per heavy atom. The third-order valence-electron chi connectivity index (χ3n) is 3.26. The summed E-state index contributed by atoms with van der Waals surface area (Å²) >= 11 is 0. The van der Waals surface area contributed by atoms with Crippen LogP contribution >= 0.6 is 0 Å². The normalized spacial score (nSPS) is 10.4. The van der Waals surface area contributed by atoms with Crippen LogP contribution in [0.3, 0.4) is 0 Å². The lowest BCUT2D eigenvalue weighted by atomic mass is 10.0. The third kappa shape index (κ3) is 2.02. The van der Waals surface area contributed by atoms with Gasteiger partial charge in [-0.1, -0.05) is 12.1 Å². The predicted octanol–water partition coefficient (Wildman–Crippen LogP) is 2.98. The molecule has 0 atom stereocenters. The van der Waals surface area contributed by atoms with Crippen molar-refractivity contribution in [1.82, 2.24) is 4.98 Å². The molecular weight excluding hydrogens is 222 g/mol. The zero-order valence-corrected chi connectivity index (χ0v) is 11.3. The van der Waals surface area contributed by atoms with Gasteiger partial charge in [-0.2, -0.15) is 5.26 Å². The lowest BCUT2D eigenvalue weighted by molar-refractivity contribution is 1.05. The minimum Gasteiger partial charge on any atom is -0.362 e. The van der Waals surface area contributed by atoms with Crippen LogP contribution in [0.15, 0.2) is 18.2 Å². The number of aryl methyl sites for hydroxylation is 2. The molecule has 0 aliphatic carbocycles. The maximum atomic E-state index is 8.90. The van der Waals surface area contributed by atoms with E-state index in [9.17, 15) is 0 Å². The molecule has 1 heterocycles. The van der Waals surface area contributed by atoms with Gasteiger partial charge in [0, 0.05) is 25.0 Å². The van der Waals surface area contributed by atoms with Crippen molar-refractivity contribution in [2.24, 2.45) is 0 Å². The third-order valence-corrected chi connectivity index (χ3v) is 3.26. The summed E-state index contributed by atoms with van der Waals surface area (Å²) in [7, 11) is 3.92. The first-order valence-corrected chi connectivity index (χ1v) is 5.98. The van der Waals surface area contributed by atoms with E-state index in [2.05, 4.69) is 38.1 Å². The first-order chi connectivity index (χ1) is 8.54. The Morgan fingerprint density at radius 2 is 2.00 bits per heavy atom. The molecule has 0 unspecified atom stereocenters. The van der Waals surface area contributed by atoms with Crippen LogP contribution in [-0.2, 0) is 6.42 Å². The maximum Gasteiger partial charge on any atom is 0.133 e. The number of aromatic nitrogens is 1. The van der Waals surface area contributed by atoms with Gasteiger partial charge in [-0.25, -0.2) is 4.98 Å². The molecule has 3 heteroatoms. The smallest absolute Gasteiger partial charge is 0.133 e. The fraction of sp³-hybridized carbons (Fsp3) is 0.333. The van der Waals surface area contributed by atoms with Crippen LogP contribution in [0.2, 0.25) is 0 Å². The van der Waals surface area contributed by atoms with Crippen LogP contribution in [0.25, 0.3) is 10.9 Å². The molecule has 0 saturated carbocycles. The van der Waals surface area contributed by atoms with Gasteiger partial charge < -0.3 is 4.90 Å². The summed E-state index contributed by atoms with van der Waals surface area (Å²) in [6, 6.07) is 8.46. The SMILES string of the molecule is Cc1ccc2cc(CC#N)c(N(C)C)nc2c1C. The second-order valence-corrected chi connectivity index (χ2v) is 4.78. The molecule has 0 amide bonds. The van der Waals surface area contributed by atoms with Gasteiger partial charge in [-0.15, -0.1) is 0 Å². The molecular formula is C15H17N3. The van der Waals surface area contributed by atoms with E-state index in [-0.39, 0.29) is 0 Å². The van der Waals surface area contributed by atoms with Crippen molar-refractivity contribution >= 4 is 16.7 Å². The summed E-state index contributed by atoms with van der Waals surface area (Å²) in [6.45, 7) is 4.18. The van der Waals surface area contributed by atoms with E-state index in [0.29, 0.717) is 6.42 Å². The van der Waals surface area contributed by atoms with Gasteiger partial charge >= 0.3 is 0 Å². The average Bonchev–Trinajstić information content (AvgIpc) is 2.34. The van der Waals surface area contributed by atoms with E-state index >= 15 is 0 Å². The predicted molar refractivity (Wildman–Crippen MR) is 74.9 cm³/mol. The average molecular weight is 239 g/mol. The van der Waals surface area contributed by atoms with Gasteiger partial charge in [-0.05, 0) is 31.0 Å². The Hall–Kier alpha value is -2.08. The Balaban J connectivity index is 2.77. The molecule has 1 aromatic carbocycles.